The smallest absolute Gasteiger partial charge is 0.303 e. The highest BCUT2D eigenvalue weighted by atomic mass is 16.4. The second-order valence-corrected chi connectivity index (χ2v) is 4.28. The van der Waals surface area contributed by atoms with Crippen molar-refractivity contribution in [3.05, 3.63) is 0 Å². The van der Waals surface area contributed by atoms with E-state index in [1.807, 2.05) is 13.8 Å². The Morgan fingerprint density at radius 1 is 1.12 bits per heavy atom. The molecule has 0 spiro atoms. The largest absolute Gasteiger partial charge is 0.481 e. The molecule has 3 N–H and O–H groups in total. The molecule has 4 nitrogen and oxygen atoms in total. The third kappa shape index (κ3) is 6.08. The van der Waals surface area contributed by atoms with E-state index in [9.17, 15) is 15.0 Å². The Balaban J connectivity index is 3.99. The quantitative estimate of drug-likeness (QED) is 0.566. The lowest BCUT2D eigenvalue weighted by Gasteiger charge is -2.26. The van der Waals surface area contributed by atoms with E-state index in [2.05, 4.69) is 0 Å². The van der Waals surface area contributed by atoms with Crippen LogP contribution in [0, 0.1) is 5.92 Å². The highest BCUT2D eigenvalue weighted by molar-refractivity contribution is 5.66. The van der Waals surface area contributed by atoms with Crippen LogP contribution in [0.1, 0.15) is 52.4 Å². The van der Waals surface area contributed by atoms with Gasteiger partial charge in [-0.2, -0.15) is 0 Å². The highest BCUT2D eigenvalue weighted by Gasteiger charge is 2.24. The Bertz CT molecular complexity index is 193. The number of aliphatic hydroxyl groups excluding tert-OH is 2. The molecule has 0 heterocycles. The van der Waals surface area contributed by atoms with Crippen LogP contribution in [0.25, 0.3) is 0 Å². The van der Waals surface area contributed by atoms with Gasteiger partial charge in [0, 0.05) is 12.3 Å². The van der Waals surface area contributed by atoms with Gasteiger partial charge in [0.15, 0.2) is 0 Å². The Hall–Kier alpha value is -0.610. The van der Waals surface area contributed by atoms with Gasteiger partial charge in [0.2, 0.25) is 0 Å². The molecule has 0 aromatic carbocycles. The van der Waals surface area contributed by atoms with E-state index in [4.69, 9.17) is 5.11 Å². The molecule has 0 aliphatic heterocycles. The van der Waals surface area contributed by atoms with Gasteiger partial charge in [-0.05, 0) is 25.7 Å². The third-order valence-electron chi connectivity index (χ3n) is 2.93. The molecule has 0 aliphatic carbocycles. The lowest BCUT2D eigenvalue weighted by molar-refractivity contribution is -0.137. The lowest BCUT2D eigenvalue weighted by atomic mass is 9.88. The second-order valence-electron chi connectivity index (χ2n) is 4.28. The summed E-state index contributed by atoms with van der Waals surface area (Å²) in [4.78, 5) is 10.3. The summed E-state index contributed by atoms with van der Waals surface area (Å²) < 4.78 is 0. The first kappa shape index (κ1) is 15.4. The molecule has 0 bridgehead atoms. The molecule has 0 radical (unpaired) electrons. The summed E-state index contributed by atoms with van der Waals surface area (Å²) in [5, 5.41) is 28.2. The zero-order chi connectivity index (χ0) is 12.6. The Labute approximate surface area is 97.3 Å². The molecule has 3 unspecified atom stereocenters. The molecule has 96 valence electrons. The summed E-state index contributed by atoms with van der Waals surface area (Å²) in [7, 11) is 0. The molecule has 0 aromatic heterocycles. The van der Waals surface area contributed by atoms with E-state index in [0.717, 1.165) is 12.8 Å². The normalized spacial score (nSPS) is 16.8. The second kappa shape index (κ2) is 8.53. The van der Waals surface area contributed by atoms with Crippen LogP contribution in [-0.4, -0.2) is 33.5 Å². The summed E-state index contributed by atoms with van der Waals surface area (Å²) in [6.07, 6.45) is 2.22. The van der Waals surface area contributed by atoms with Gasteiger partial charge in [-0.3, -0.25) is 4.79 Å². The summed E-state index contributed by atoms with van der Waals surface area (Å²) >= 11 is 0. The number of aliphatic hydroxyl groups is 2. The number of carboxylic acids is 1. The maximum Gasteiger partial charge on any atom is 0.303 e. The zero-order valence-corrected chi connectivity index (χ0v) is 10.2. The van der Waals surface area contributed by atoms with Crippen LogP contribution in [0.5, 0.6) is 0 Å². The van der Waals surface area contributed by atoms with Crippen LogP contribution in [0.4, 0.5) is 0 Å². The molecule has 0 amide bonds. The topological polar surface area (TPSA) is 77.8 Å². The van der Waals surface area contributed by atoms with E-state index in [1.54, 1.807) is 0 Å². The van der Waals surface area contributed by atoms with Crippen molar-refractivity contribution in [1.82, 2.24) is 0 Å². The lowest BCUT2D eigenvalue weighted by Crippen LogP contribution is -2.31. The Kier molecular flexibility index (Phi) is 8.21. The summed E-state index contributed by atoms with van der Waals surface area (Å²) in [5.74, 6) is -0.969. The molecule has 4 heteroatoms. The molecule has 0 saturated heterocycles. The van der Waals surface area contributed by atoms with Gasteiger partial charge in [-0.25, -0.2) is 0 Å². The third-order valence-corrected chi connectivity index (χ3v) is 2.93. The number of hydrogen-bond acceptors (Lipinski definition) is 3. The highest BCUT2D eigenvalue weighted by Crippen LogP contribution is 2.21. The number of aliphatic carboxylic acids is 1. The molecular formula is C12H24O4. The van der Waals surface area contributed by atoms with E-state index >= 15 is 0 Å². The van der Waals surface area contributed by atoms with Gasteiger partial charge in [0.25, 0.3) is 0 Å². The fraction of sp³-hybridized carbons (Fsp3) is 0.917. The summed E-state index contributed by atoms with van der Waals surface area (Å²) in [6, 6.07) is 0. The van der Waals surface area contributed by atoms with Gasteiger partial charge < -0.3 is 15.3 Å². The maximum absolute atomic E-state index is 10.3. The van der Waals surface area contributed by atoms with Gasteiger partial charge in [-0.1, -0.05) is 20.3 Å². The SMILES string of the molecule is CCCC(O)C(CC)C(O)CCCC(=O)O. The first-order chi connectivity index (χ1) is 7.52. The van der Waals surface area contributed by atoms with Crippen LogP contribution in [-0.2, 0) is 4.79 Å². The molecule has 0 fully saturated rings. The van der Waals surface area contributed by atoms with Gasteiger partial charge in [0.05, 0.1) is 12.2 Å². The number of rotatable bonds is 9. The van der Waals surface area contributed by atoms with Crippen molar-refractivity contribution in [2.45, 2.75) is 64.6 Å². The van der Waals surface area contributed by atoms with Crippen molar-refractivity contribution in [3.63, 3.8) is 0 Å². The average Bonchev–Trinajstić information content (AvgIpc) is 2.18. The monoisotopic (exact) mass is 232 g/mol. The Morgan fingerprint density at radius 2 is 1.69 bits per heavy atom. The Morgan fingerprint density at radius 3 is 2.12 bits per heavy atom. The maximum atomic E-state index is 10.3. The van der Waals surface area contributed by atoms with E-state index < -0.39 is 18.2 Å². The number of carbonyl (C=O) groups is 1. The van der Waals surface area contributed by atoms with Crippen molar-refractivity contribution in [2.75, 3.05) is 0 Å². The van der Waals surface area contributed by atoms with E-state index in [0.29, 0.717) is 19.3 Å². The zero-order valence-electron chi connectivity index (χ0n) is 10.2. The van der Waals surface area contributed by atoms with Gasteiger partial charge in [-0.15, -0.1) is 0 Å². The fourth-order valence-electron chi connectivity index (χ4n) is 1.99. The van der Waals surface area contributed by atoms with Crippen molar-refractivity contribution in [2.24, 2.45) is 5.92 Å². The standard InChI is InChI=1S/C12H24O4/c1-3-6-10(13)9(4-2)11(14)7-5-8-12(15)16/h9-11,13-14H,3-8H2,1-2H3,(H,15,16). The fourth-order valence-corrected chi connectivity index (χ4v) is 1.99. The summed E-state index contributed by atoms with van der Waals surface area (Å²) in [6.45, 7) is 3.93. The minimum Gasteiger partial charge on any atom is -0.481 e. The van der Waals surface area contributed by atoms with Crippen molar-refractivity contribution >= 4 is 5.97 Å². The molecule has 0 rings (SSSR count). The minimum atomic E-state index is -0.839. The van der Waals surface area contributed by atoms with Gasteiger partial charge in [0.1, 0.15) is 0 Å². The molecule has 0 saturated carbocycles. The molecule has 0 aliphatic rings. The summed E-state index contributed by atoms with van der Waals surface area (Å²) in [5.41, 5.74) is 0. The van der Waals surface area contributed by atoms with E-state index in [1.165, 1.54) is 0 Å². The van der Waals surface area contributed by atoms with E-state index in [-0.39, 0.29) is 12.3 Å². The van der Waals surface area contributed by atoms with Crippen LogP contribution >= 0.6 is 0 Å². The predicted molar refractivity (Wildman–Crippen MR) is 62.2 cm³/mol. The van der Waals surface area contributed by atoms with Gasteiger partial charge >= 0.3 is 5.97 Å². The molecular weight excluding hydrogens is 208 g/mol. The average molecular weight is 232 g/mol. The molecule has 16 heavy (non-hydrogen) atoms. The predicted octanol–water partition coefficient (Wildman–Crippen LogP) is 1.79. The first-order valence-electron chi connectivity index (χ1n) is 6.10. The number of hydrogen-bond donors (Lipinski definition) is 3. The first-order valence-corrected chi connectivity index (χ1v) is 6.10. The van der Waals surface area contributed by atoms with Crippen molar-refractivity contribution in [3.8, 4) is 0 Å². The van der Waals surface area contributed by atoms with Crippen LogP contribution in [0.15, 0.2) is 0 Å². The molecule has 3 atom stereocenters. The number of carboxylic acid groups (broad SMARTS) is 1. The van der Waals surface area contributed by atoms with Crippen molar-refractivity contribution < 1.29 is 20.1 Å². The van der Waals surface area contributed by atoms with Crippen LogP contribution in [0.3, 0.4) is 0 Å². The van der Waals surface area contributed by atoms with Crippen LogP contribution < -0.4 is 0 Å². The van der Waals surface area contributed by atoms with Crippen LogP contribution in [0.2, 0.25) is 0 Å². The minimum absolute atomic E-state index is 0.0807. The van der Waals surface area contributed by atoms with Crippen molar-refractivity contribution in [1.29, 1.82) is 0 Å². The molecule has 0 aromatic rings.